The zero-order valence-corrected chi connectivity index (χ0v) is 6.17. The van der Waals surface area contributed by atoms with Crippen LogP contribution in [0.15, 0.2) is 18.2 Å². The van der Waals surface area contributed by atoms with Crippen molar-refractivity contribution in [2.45, 2.75) is 6.36 Å². The lowest BCUT2D eigenvalue weighted by Crippen LogP contribution is -2.17. The molecular formula is C7H5F3O3. The highest BCUT2D eigenvalue weighted by Crippen LogP contribution is 2.33. The molecular weight excluding hydrogens is 189 g/mol. The fourth-order valence-corrected chi connectivity index (χ4v) is 0.717. The third-order valence-corrected chi connectivity index (χ3v) is 1.17. The van der Waals surface area contributed by atoms with Crippen LogP contribution < -0.4 is 4.74 Å². The number of hydrogen-bond donors (Lipinski definition) is 2. The number of ether oxygens (including phenoxy) is 1. The quantitative estimate of drug-likeness (QED) is 0.718. The minimum atomic E-state index is -4.85. The van der Waals surface area contributed by atoms with Gasteiger partial charge >= 0.3 is 6.36 Å². The molecule has 2 N–H and O–H groups in total. The van der Waals surface area contributed by atoms with Crippen molar-refractivity contribution in [1.82, 2.24) is 0 Å². The van der Waals surface area contributed by atoms with Gasteiger partial charge < -0.3 is 14.9 Å². The second-order valence-electron chi connectivity index (χ2n) is 2.20. The Morgan fingerprint density at radius 1 is 1.15 bits per heavy atom. The van der Waals surface area contributed by atoms with Gasteiger partial charge in [0, 0.05) is 6.07 Å². The van der Waals surface area contributed by atoms with Crippen molar-refractivity contribution in [2.24, 2.45) is 0 Å². The number of phenolic OH excluding ortho intramolecular Hbond substituents is 2. The maximum Gasteiger partial charge on any atom is 0.573 e. The number of alkyl halides is 3. The Kier molecular flexibility index (Phi) is 2.22. The number of hydrogen-bond acceptors (Lipinski definition) is 3. The highest BCUT2D eigenvalue weighted by Gasteiger charge is 2.32. The van der Waals surface area contributed by atoms with Crippen molar-refractivity contribution in [1.29, 1.82) is 0 Å². The second-order valence-corrected chi connectivity index (χ2v) is 2.20. The van der Waals surface area contributed by atoms with Crippen LogP contribution >= 0.6 is 0 Å². The fourth-order valence-electron chi connectivity index (χ4n) is 0.717. The number of halogens is 3. The third kappa shape index (κ3) is 2.73. The molecule has 1 aromatic carbocycles. The van der Waals surface area contributed by atoms with E-state index in [2.05, 4.69) is 4.74 Å². The van der Waals surface area contributed by atoms with E-state index in [0.29, 0.717) is 0 Å². The van der Waals surface area contributed by atoms with Gasteiger partial charge in [0.05, 0.1) is 0 Å². The molecule has 0 spiro atoms. The van der Waals surface area contributed by atoms with E-state index in [0.717, 1.165) is 18.2 Å². The molecule has 0 heterocycles. The first-order chi connectivity index (χ1) is 5.88. The molecule has 13 heavy (non-hydrogen) atoms. The molecule has 3 nitrogen and oxygen atoms in total. The van der Waals surface area contributed by atoms with Gasteiger partial charge in [0.1, 0.15) is 5.75 Å². The Morgan fingerprint density at radius 3 is 2.23 bits per heavy atom. The number of rotatable bonds is 1. The van der Waals surface area contributed by atoms with E-state index in [1.165, 1.54) is 0 Å². The van der Waals surface area contributed by atoms with Crippen LogP contribution in [0, 0.1) is 0 Å². The molecule has 0 unspecified atom stereocenters. The molecule has 0 aliphatic heterocycles. The smallest absolute Gasteiger partial charge is 0.508 e. The highest BCUT2D eigenvalue weighted by atomic mass is 19.4. The maximum absolute atomic E-state index is 11.6. The van der Waals surface area contributed by atoms with Crippen LogP contribution in [0.1, 0.15) is 0 Å². The molecule has 0 fully saturated rings. The largest absolute Gasteiger partial charge is 0.573 e. The van der Waals surface area contributed by atoms with Crippen LogP contribution in [0.5, 0.6) is 17.2 Å². The van der Waals surface area contributed by atoms with Gasteiger partial charge in [0.25, 0.3) is 0 Å². The minimum Gasteiger partial charge on any atom is -0.508 e. The summed E-state index contributed by atoms with van der Waals surface area (Å²) in [6.07, 6.45) is -4.85. The summed E-state index contributed by atoms with van der Waals surface area (Å²) in [5, 5.41) is 17.6. The van der Waals surface area contributed by atoms with Gasteiger partial charge in [0.15, 0.2) is 11.5 Å². The van der Waals surface area contributed by atoms with Gasteiger partial charge in [-0.1, -0.05) is 0 Å². The molecule has 0 aromatic heterocycles. The standard InChI is InChI=1S/C7H5F3O3/c8-7(9,10)13-6-2-1-4(11)3-5(6)12/h1-3,11-12H. The topological polar surface area (TPSA) is 49.7 Å². The first kappa shape index (κ1) is 9.50. The Balaban J connectivity index is 2.90. The van der Waals surface area contributed by atoms with Crippen LogP contribution in [0.25, 0.3) is 0 Å². The predicted octanol–water partition coefficient (Wildman–Crippen LogP) is 2.00. The molecule has 0 radical (unpaired) electrons. The van der Waals surface area contributed by atoms with E-state index in [-0.39, 0.29) is 5.75 Å². The van der Waals surface area contributed by atoms with Crippen LogP contribution in [0.4, 0.5) is 13.2 Å². The van der Waals surface area contributed by atoms with E-state index in [1.54, 1.807) is 0 Å². The molecule has 1 rings (SSSR count). The number of aromatic hydroxyl groups is 2. The van der Waals surface area contributed by atoms with Gasteiger partial charge in [-0.2, -0.15) is 0 Å². The van der Waals surface area contributed by atoms with Crippen molar-refractivity contribution >= 4 is 0 Å². The summed E-state index contributed by atoms with van der Waals surface area (Å²) in [5.41, 5.74) is 0. The average Bonchev–Trinajstić information content (AvgIpc) is 1.93. The summed E-state index contributed by atoms with van der Waals surface area (Å²) in [6, 6.07) is 2.54. The van der Waals surface area contributed by atoms with Crippen LogP contribution in [-0.2, 0) is 0 Å². The van der Waals surface area contributed by atoms with E-state index in [1.807, 2.05) is 0 Å². The monoisotopic (exact) mass is 194 g/mol. The van der Waals surface area contributed by atoms with Crippen molar-refractivity contribution in [3.05, 3.63) is 18.2 Å². The summed E-state index contributed by atoms with van der Waals surface area (Å²) in [6.45, 7) is 0. The van der Waals surface area contributed by atoms with Crippen molar-refractivity contribution in [2.75, 3.05) is 0 Å². The molecule has 0 amide bonds. The van der Waals surface area contributed by atoms with Gasteiger partial charge in [-0.05, 0) is 12.1 Å². The van der Waals surface area contributed by atoms with Crippen LogP contribution in [-0.4, -0.2) is 16.6 Å². The van der Waals surface area contributed by atoms with E-state index >= 15 is 0 Å². The first-order valence-corrected chi connectivity index (χ1v) is 3.16. The second kappa shape index (κ2) is 3.04. The molecule has 0 atom stereocenters. The summed E-state index contributed by atoms with van der Waals surface area (Å²) < 4.78 is 38.3. The summed E-state index contributed by atoms with van der Waals surface area (Å²) in [4.78, 5) is 0. The van der Waals surface area contributed by atoms with E-state index < -0.39 is 17.9 Å². The van der Waals surface area contributed by atoms with Crippen molar-refractivity contribution < 1.29 is 28.1 Å². The number of phenols is 2. The Bertz CT molecular complexity index is 308. The Hall–Kier alpha value is -1.59. The summed E-state index contributed by atoms with van der Waals surface area (Å²) in [7, 11) is 0. The van der Waals surface area contributed by atoms with Gasteiger partial charge in [0.2, 0.25) is 0 Å². The van der Waals surface area contributed by atoms with Crippen molar-refractivity contribution in [3.8, 4) is 17.2 Å². The maximum atomic E-state index is 11.6. The fraction of sp³-hybridized carbons (Fsp3) is 0.143. The number of benzene rings is 1. The summed E-state index contributed by atoms with van der Waals surface area (Å²) in [5.74, 6) is -1.85. The first-order valence-electron chi connectivity index (χ1n) is 3.16. The molecule has 72 valence electrons. The van der Waals surface area contributed by atoms with E-state index in [4.69, 9.17) is 10.2 Å². The highest BCUT2D eigenvalue weighted by molar-refractivity contribution is 5.43. The third-order valence-electron chi connectivity index (χ3n) is 1.17. The Morgan fingerprint density at radius 2 is 1.77 bits per heavy atom. The molecule has 0 saturated heterocycles. The molecule has 1 aromatic rings. The van der Waals surface area contributed by atoms with Crippen LogP contribution in [0.3, 0.4) is 0 Å². The molecule has 0 aliphatic carbocycles. The lowest BCUT2D eigenvalue weighted by molar-refractivity contribution is -0.275. The Labute approximate surface area is 71.0 Å². The lowest BCUT2D eigenvalue weighted by atomic mass is 10.3. The summed E-state index contributed by atoms with van der Waals surface area (Å²) >= 11 is 0. The van der Waals surface area contributed by atoms with Gasteiger partial charge in [-0.15, -0.1) is 13.2 Å². The average molecular weight is 194 g/mol. The normalized spacial score (nSPS) is 11.3. The van der Waals surface area contributed by atoms with E-state index in [9.17, 15) is 13.2 Å². The zero-order valence-electron chi connectivity index (χ0n) is 6.17. The minimum absolute atomic E-state index is 0.341. The van der Waals surface area contributed by atoms with Gasteiger partial charge in [-0.3, -0.25) is 0 Å². The predicted molar refractivity (Wildman–Crippen MR) is 36.5 cm³/mol. The SMILES string of the molecule is Oc1ccc(OC(F)(F)F)c(O)c1. The van der Waals surface area contributed by atoms with Crippen molar-refractivity contribution in [3.63, 3.8) is 0 Å². The molecule has 0 saturated carbocycles. The molecule has 6 heteroatoms. The lowest BCUT2D eigenvalue weighted by Gasteiger charge is -2.09. The molecule has 0 aliphatic rings. The molecule has 0 bridgehead atoms. The van der Waals surface area contributed by atoms with Crippen LogP contribution in [0.2, 0.25) is 0 Å². The zero-order chi connectivity index (χ0) is 10.1. The van der Waals surface area contributed by atoms with Gasteiger partial charge in [-0.25, -0.2) is 0 Å².